The topological polar surface area (TPSA) is 172 Å². The Labute approximate surface area is 273 Å². The molecule has 1 aliphatic carbocycles. The summed E-state index contributed by atoms with van der Waals surface area (Å²) in [6, 6.07) is 20.5. The Morgan fingerprint density at radius 3 is 2.02 bits per heavy atom. The Kier molecular flexibility index (Phi) is 11.6. The molecule has 12 heteroatoms. The molecule has 0 fully saturated rings. The lowest BCUT2D eigenvalue weighted by Crippen LogP contribution is -2.48. The van der Waals surface area contributed by atoms with Crippen molar-refractivity contribution in [3.63, 3.8) is 0 Å². The molecule has 3 aromatic rings. The molecule has 1 aliphatic rings. The molecule has 0 spiro atoms. The van der Waals surface area contributed by atoms with Crippen LogP contribution in [0.15, 0.2) is 72.8 Å². The standard InChI is InChI=1S/C35H40N4O8/c1-35(2,3)47-33(44)36-19-9-8-14-29(31(41)37-20-30(40)38-23-17-15-22(16-18-23)32(42)43)39-34(45)46-21-28-26-12-6-4-10-24(26)25-11-5-7-13-27(25)28/h4-7,10-13,15-18,28-29H,8-9,14,19-21H2,1-3H3,(H,36,44)(H,37,41)(H,38,40)(H,39,45)(H,42,43)/t29-/m1/s1. The van der Waals surface area contributed by atoms with Crippen LogP contribution in [-0.4, -0.2) is 66.4 Å². The van der Waals surface area contributed by atoms with E-state index >= 15 is 0 Å². The summed E-state index contributed by atoms with van der Waals surface area (Å²) in [5.74, 6) is -2.38. The minimum absolute atomic E-state index is 0.0665. The molecular formula is C35H40N4O8. The highest BCUT2D eigenvalue weighted by atomic mass is 16.6. The van der Waals surface area contributed by atoms with Crippen molar-refractivity contribution in [2.45, 2.75) is 57.6 Å². The van der Waals surface area contributed by atoms with Crippen molar-refractivity contribution < 1.29 is 38.6 Å². The molecule has 4 amide bonds. The van der Waals surface area contributed by atoms with E-state index in [1.165, 1.54) is 24.3 Å². The molecule has 3 aromatic carbocycles. The molecule has 0 aliphatic heterocycles. The van der Waals surface area contributed by atoms with E-state index in [1.807, 2.05) is 48.5 Å². The van der Waals surface area contributed by atoms with Crippen molar-refractivity contribution in [1.82, 2.24) is 16.0 Å². The molecule has 5 N–H and O–H groups in total. The second kappa shape index (κ2) is 15.7. The van der Waals surface area contributed by atoms with E-state index in [2.05, 4.69) is 21.3 Å². The second-order valence-corrected chi connectivity index (χ2v) is 12.1. The lowest BCUT2D eigenvalue weighted by molar-refractivity contribution is -0.125. The van der Waals surface area contributed by atoms with E-state index in [1.54, 1.807) is 20.8 Å². The maximum Gasteiger partial charge on any atom is 0.407 e. The lowest BCUT2D eigenvalue weighted by Gasteiger charge is -2.20. The van der Waals surface area contributed by atoms with Gasteiger partial charge in [-0.3, -0.25) is 9.59 Å². The summed E-state index contributed by atoms with van der Waals surface area (Å²) in [6.45, 7) is 5.28. The number of alkyl carbamates (subject to hydrolysis) is 2. The molecule has 0 radical (unpaired) electrons. The maximum absolute atomic E-state index is 13.2. The Bertz CT molecular complexity index is 1550. The van der Waals surface area contributed by atoms with Gasteiger partial charge in [-0.1, -0.05) is 48.5 Å². The van der Waals surface area contributed by atoms with Gasteiger partial charge >= 0.3 is 18.2 Å². The Morgan fingerprint density at radius 2 is 1.43 bits per heavy atom. The van der Waals surface area contributed by atoms with Crippen LogP contribution < -0.4 is 21.3 Å². The first-order valence-corrected chi connectivity index (χ1v) is 15.4. The Morgan fingerprint density at radius 1 is 0.809 bits per heavy atom. The number of rotatable bonds is 13. The van der Waals surface area contributed by atoms with Crippen molar-refractivity contribution >= 4 is 35.7 Å². The average molecular weight is 645 g/mol. The van der Waals surface area contributed by atoms with E-state index in [-0.39, 0.29) is 31.1 Å². The number of hydrogen-bond acceptors (Lipinski definition) is 7. The average Bonchev–Trinajstić information content (AvgIpc) is 3.35. The summed E-state index contributed by atoms with van der Waals surface area (Å²) < 4.78 is 10.9. The third kappa shape index (κ3) is 10.1. The summed E-state index contributed by atoms with van der Waals surface area (Å²) in [7, 11) is 0. The maximum atomic E-state index is 13.2. The van der Waals surface area contributed by atoms with Crippen LogP contribution in [0.4, 0.5) is 15.3 Å². The monoisotopic (exact) mass is 644 g/mol. The van der Waals surface area contributed by atoms with Crippen LogP contribution in [0.2, 0.25) is 0 Å². The highest BCUT2D eigenvalue weighted by Gasteiger charge is 2.30. The van der Waals surface area contributed by atoms with Crippen LogP contribution in [0, 0.1) is 0 Å². The number of fused-ring (bicyclic) bond motifs is 3. The summed E-state index contributed by atoms with van der Waals surface area (Å²) in [5.41, 5.74) is 4.08. The van der Waals surface area contributed by atoms with Crippen LogP contribution in [0.5, 0.6) is 0 Å². The van der Waals surface area contributed by atoms with Crippen molar-refractivity contribution in [3.8, 4) is 11.1 Å². The van der Waals surface area contributed by atoms with E-state index in [0.29, 0.717) is 25.1 Å². The molecule has 4 rings (SSSR count). The lowest BCUT2D eigenvalue weighted by atomic mass is 9.98. The van der Waals surface area contributed by atoms with E-state index in [4.69, 9.17) is 14.6 Å². The number of nitrogens with one attached hydrogen (secondary N) is 4. The number of ether oxygens (including phenoxy) is 2. The normalized spacial score (nSPS) is 12.6. The number of carboxylic acids is 1. The van der Waals surface area contributed by atoms with Crippen LogP contribution in [-0.2, 0) is 19.1 Å². The third-order valence-electron chi connectivity index (χ3n) is 7.38. The minimum atomic E-state index is -1.09. The van der Waals surface area contributed by atoms with Crippen LogP contribution in [0.3, 0.4) is 0 Å². The molecule has 248 valence electrons. The zero-order valence-corrected chi connectivity index (χ0v) is 26.6. The number of aromatic carboxylic acids is 1. The first-order chi connectivity index (χ1) is 22.4. The van der Waals surface area contributed by atoms with Crippen LogP contribution in [0.25, 0.3) is 11.1 Å². The predicted octanol–water partition coefficient (Wildman–Crippen LogP) is 5.04. The summed E-state index contributed by atoms with van der Waals surface area (Å²) in [4.78, 5) is 61.6. The molecule has 0 bridgehead atoms. The van der Waals surface area contributed by atoms with Crippen LogP contribution >= 0.6 is 0 Å². The summed E-state index contributed by atoms with van der Waals surface area (Å²) in [6.07, 6.45) is -0.152. The number of carbonyl (C=O) groups excluding carboxylic acids is 4. The van der Waals surface area contributed by atoms with Gasteiger partial charge in [0.15, 0.2) is 0 Å². The third-order valence-corrected chi connectivity index (χ3v) is 7.38. The molecule has 0 unspecified atom stereocenters. The highest BCUT2D eigenvalue weighted by molar-refractivity contribution is 5.96. The van der Waals surface area contributed by atoms with Gasteiger partial charge in [-0.25, -0.2) is 14.4 Å². The van der Waals surface area contributed by atoms with E-state index in [0.717, 1.165) is 22.3 Å². The fourth-order valence-electron chi connectivity index (χ4n) is 5.22. The van der Waals surface area contributed by atoms with Crippen molar-refractivity contribution in [3.05, 3.63) is 89.5 Å². The zero-order chi connectivity index (χ0) is 34.0. The first kappa shape index (κ1) is 34.5. The van der Waals surface area contributed by atoms with Gasteiger partial charge < -0.3 is 35.8 Å². The number of benzene rings is 3. The largest absolute Gasteiger partial charge is 0.478 e. The molecule has 47 heavy (non-hydrogen) atoms. The van der Waals surface area contributed by atoms with Crippen molar-refractivity contribution in [1.29, 1.82) is 0 Å². The number of hydrogen-bond donors (Lipinski definition) is 5. The number of unbranched alkanes of at least 4 members (excludes halogenated alkanes) is 1. The Balaban J connectivity index is 1.33. The second-order valence-electron chi connectivity index (χ2n) is 12.1. The van der Waals surface area contributed by atoms with Crippen molar-refractivity contribution in [2.24, 2.45) is 0 Å². The number of carbonyl (C=O) groups is 5. The first-order valence-electron chi connectivity index (χ1n) is 15.4. The van der Waals surface area contributed by atoms with Gasteiger partial charge in [-0.2, -0.15) is 0 Å². The van der Waals surface area contributed by atoms with Gasteiger partial charge in [0.05, 0.1) is 12.1 Å². The molecule has 0 saturated heterocycles. The van der Waals surface area contributed by atoms with Gasteiger partial charge in [-0.05, 0) is 86.6 Å². The molecule has 0 heterocycles. The summed E-state index contributed by atoms with van der Waals surface area (Å²) >= 11 is 0. The van der Waals surface area contributed by atoms with Gasteiger partial charge in [-0.15, -0.1) is 0 Å². The van der Waals surface area contributed by atoms with Gasteiger partial charge in [0.25, 0.3) is 0 Å². The molecular weight excluding hydrogens is 604 g/mol. The number of anilines is 1. The minimum Gasteiger partial charge on any atom is -0.478 e. The van der Waals surface area contributed by atoms with Crippen molar-refractivity contribution in [2.75, 3.05) is 25.0 Å². The summed E-state index contributed by atoms with van der Waals surface area (Å²) in [5, 5.41) is 19.5. The smallest absolute Gasteiger partial charge is 0.407 e. The van der Waals surface area contributed by atoms with Gasteiger partial charge in [0, 0.05) is 18.2 Å². The highest BCUT2D eigenvalue weighted by Crippen LogP contribution is 2.44. The molecule has 12 nitrogen and oxygen atoms in total. The number of amides is 4. The van der Waals surface area contributed by atoms with E-state index in [9.17, 15) is 24.0 Å². The van der Waals surface area contributed by atoms with Gasteiger partial charge in [0.1, 0.15) is 18.2 Å². The Hall–Kier alpha value is -5.39. The zero-order valence-electron chi connectivity index (χ0n) is 26.6. The molecule has 0 aromatic heterocycles. The fraction of sp³-hybridized carbons (Fsp3) is 0.343. The van der Waals surface area contributed by atoms with E-state index < -0.39 is 41.6 Å². The van der Waals surface area contributed by atoms with Crippen LogP contribution in [0.1, 0.15) is 67.4 Å². The fourth-order valence-corrected chi connectivity index (χ4v) is 5.22. The molecule has 0 saturated carbocycles. The number of carboxylic acid groups (broad SMARTS) is 1. The predicted molar refractivity (Wildman–Crippen MR) is 175 cm³/mol. The van der Waals surface area contributed by atoms with Gasteiger partial charge in [0.2, 0.25) is 11.8 Å². The SMILES string of the molecule is CC(C)(C)OC(=O)NCCCC[C@@H](NC(=O)OCC1c2ccccc2-c2ccccc21)C(=O)NCC(=O)Nc1ccc(C(=O)O)cc1. The quantitative estimate of drug-likeness (QED) is 0.161. The molecule has 1 atom stereocenters.